The van der Waals surface area contributed by atoms with E-state index in [0.717, 1.165) is 18.4 Å². The summed E-state index contributed by atoms with van der Waals surface area (Å²) in [6.07, 6.45) is 0.000267. The summed E-state index contributed by atoms with van der Waals surface area (Å²) in [5.74, 6) is -1.55. The first kappa shape index (κ1) is 22.1. The van der Waals surface area contributed by atoms with Crippen LogP contribution in [0.3, 0.4) is 0 Å². The second kappa shape index (κ2) is 9.05. The van der Waals surface area contributed by atoms with Gasteiger partial charge in [0.2, 0.25) is 10.0 Å². The van der Waals surface area contributed by atoms with E-state index in [0.29, 0.717) is 6.42 Å². The number of nitrogens with one attached hydrogen (secondary N) is 2. The lowest BCUT2D eigenvalue weighted by Crippen LogP contribution is -2.45. The fourth-order valence-corrected chi connectivity index (χ4v) is 4.28. The number of benzene rings is 2. The highest BCUT2D eigenvalue weighted by Crippen LogP contribution is 2.32. The number of hydrogen-bond donors (Lipinski definition) is 2. The number of likely N-dealkylation sites (tertiary alicyclic amines) is 1. The molecule has 30 heavy (non-hydrogen) atoms. The Labute approximate surface area is 173 Å². The van der Waals surface area contributed by atoms with Crippen LogP contribution in [0.4, 0.5) is 23.7 Å². The molecule has 2 atom stereocenters. The number of urea groups is 1. The van der Waals surface area contributed by atoms with Gasteiger partial charge in [0.15, 0.2) is 0 Å². The van der Waals surface area contributed by atoms with E-state index >= 15 is 0 Å². The molecule has 0 saturated carbocycles. The average molecular weight is 441 g/mol. The molecule has 1 aliphatic heterocycles. The SMILES string of the molecule is CS(=O)(=O)NC1CCCN(C(=O)Nc2ccccc2-c2c(F)cccc2F)CC1F. The predicted molar refractivity (Wildman–Crippen MR) is 108 cm³/mol. The summed E-state index contributed by atoms with van der Waals surface area (Å²) in [4.78, 5) is 14.0. The highest BCUT2D eigenvalue weighted by molar-refractivity contribution is 7.88. The molecule has 1 heterocycles. The van der Waals surface area contributed by atoms with Crippen LogP contribution in [-0.2, 0) is 10.0 Å². The standard InChI is InChI=1S/C20H22F3N3O3S/c1-30(28,29)25-18-10-5-11-26(12-16(18)23)20(27)24-17-9-3-2-6-13(17)19-14(21)7-4-8-15(19)22/h2-4,6-9,16,18,25H,5,10-12H2,1H3,(H,24,27). The van der Waals surface area contributed by atoms with Crippen molar-refractivity contribution in [2.24, 2.45) is 0 Å². The van der Waals surface area contributed by atoms with E-state index in [1.54, 1.807) is 12.1 Å². The lowest BCUT2D eigenvalue weighted by Gasteiger charge is -2.24. The molecule has 10 heteroatoms. The number of hydrogen-bond acceptors (Lipinski definition) is 3. The van der Waals surface area contributed by atoms with Crippen molar-refractivity contribution in [2.45, 2.75) is 25.1 Å². The summed E-state index contributed by atoms with van der Waals surface area (Å²) in [6.45, 7) is -0.0976. The number of rotatable bonds is 4. The molecule has 0 bridgehead atoms. The third kappa shape index (κ3) is 5.31. The zero-order valence-electron chi connectivity index (χ0n) is 16.2. The molecular formula is C20H22F3N3O3S. The van der Waals surface area contributed by atoms with Gasteiger partial charge in [-0.05, 0) is 31.0 Å². The Morgan fingerprint density at radius 3 is 2.43 bits per heavy atom. The zero-order chi connectivity index (χ0) is 21.9. The van der Waals surface area contributed by atoms with Gasteiger partial charge in [0.05, 0.1) is 30.1 Å². The highest BCUT2D eigenvalue weighted by Gasteiger charge is 2.31. The van der Waals surface area contributed by atoms with Crippen molar-refractivity contribution in [1.29, 1.82) is 0 Å². The van der Waals surface area contributed by atoms with Crippen LogP contribution in [0.2, 0.25) is 0 Å². The molecule has 2 aromatic rings. The number of carbonyl (C=O) groups excluding carboxylic acids is 1. The van der Waals surface area contributed by atoms with Gasteiger partial charge in [0, 0.05) is 12.1 Å². The maximum Gasteiger partial charge on any atom is 0.321 e. The topological polar surface area (TPSA) is 78.5 Å². The van der Waals surface area contributed by atoms with Crippen LogP contribution in [0.15, 0.2) is 42.5 Å². The minimum absolute atomic E-state index is 0.157. The molecular weight excluding hydrogens is 419 g/mol. The van der Waals surface area contributed by atoms with E-state index in [2.05, 4.69) is 10.0 Å². The Morgan fingerprint density at radius 1 is 1.10 bits per heavy atom. The van der Waals surface area contributed by atoms with Crippen molar-refractivity contribution < 1.29 is 26.4 Å². The Balaban J connectivity index is 1.79. The van der Waals surface area contributed by atoms with Crippen LogP contribution in [0.5, 0.6) is 0 Å². The molecule has 6 nitrogen and oxygen atoms in total. The number of nitrogens with zero attached hydrogens (tertiary/aromatic N) is 1. The molecule has 0 radical (unpaired) electrons. The molecule has 1 aliphatic rings. The van der Waals surface area contributed by atoms with Gasteiger partial charge in [-0.3, -0.25) is 0 Å². The molecule has 0 spiro atoms. The van der Waals surface area contributed by atoms with Crippen molar-refractivity contribution in [3.05, 3.63) is 54.1 Å². The number of carbonyl (C=O) groups is 1. The lowest BCUT2D eigenvalue weighted by atomic mass is 10.0. The third-order valence-corrected chi connectivity index (χ3v) is 5.56. The minimum atomic E-state index is -3.58. The smallest absolute Gasteiger partial charge is 0.321 e. The van der Waals surface area contributed by atoms with E-state index < -0.39 is 39.9 Å². The largest absolute Gasteiger partial charge is 0.322 e. The van der Waals surface area contributed by atoms with Gasteiger partial charge in [-0.2, -0.15) is 0 Å². The van der Waals surface area contributed by atoms with Crippen molar-refractivity contribution >= 4 is 21.7 Å². The van der Waals surface area contributed by atoms with Gasteiger partial charge in [0.25, 0.3) is 0 Å². The molecule has 2 unspecified atom stereocenters. The maximum atomic E-state index is 14.6. The van der Waals surface area contributed by atoms with Crippen LogP contribution >= 0.6 is 0 Å². The van der Waals surface area contributed by atoms with Crippen molar-refractivity contribution in [3.8, 4) is 11.1 Å². The quantitative estimate of drug-likeness (QED) is 0.762. The number of para-hydroxylation sites is 1. The Bertz CT molecular complexity index is 1010. The molecule has 0 aliphatic carbocycles. The first-order valence-corrected chi connectivity index (χ1v) is 11.3. The molecule has 2 aromatic carbocycles. The number of halogens is 3. The monoisotopic (exact) mass is 441 g/mol. The normalized spacial score (nSPS) is 19.9. The van der Waals surface area contributed by atoms with Crippen LogP contribution in [-0.4, -0.2) is 50.9 Å². The Kier molecular flexibility index (Phi) is 6.67. The Morgan fingerprint density at radius 2 is 1.77 bits per heavy atom. The average Bonchev–Trinajstić information content (AvgIpc) is 2.83. The first-order valence-electron chi connectivity index (χ1n) is 9.36. The molecule has 162 valence electrons. The van der Waals surface area contributed by atoms with E-state index in [1.165, 1.54) is 23.1 Å². The van der Waals surface area contributed by atoms with Gasteiger partial charge in [0.1, 0.15) is 17.8 Å². The van der Waals surface area contributed by atoms with Gasteiger partial charge >= 0.3 is 6.03 Å². The van der Waals surface area contributed by atoms with Crippen molar-refractivity contribution in [2.75, 3.05) is 24.7 Å². The second-order valence-electron chi connectivity index (χ2n) is 7.17. The van der Waals surface area contributed by atoms with Crippen LogP contribution in [0.1, 0.15) is 12.8 Å². The fourth-order valence-electron chi connectivity index (χ4n) is 3.46. The lowest BCUT2D eigenvalue weighted by molar-refractivity contribution is 0.186. The summed E-state index contributed by atoms with van der Waals surface area (Å²) >= 11 is 0. The summed E-state index contributed by atoms with van der Waals surface area (Å²) < 4.78 is 68.1. The molecule has 1 saturated heterocycles. The van der Waals surface area contributed by atoms with Crippen molar-refractivity contribution in [3.63, 3.8) is 0 Å². The molecule has 2 N–H and O–H groups in total. The number of anilines is 1. The zero-order valence-corrected chi connectivity index (χ0v) is 17.1. The predicted octanol–water partition coefficient (Wildman–Crippen LogP) is 3.52. The molecule has 0 aromatic heterocycles. The van der Waals surface area contributed by atoms with Gasteiger partial charge in [-0.1, -0.05) is 24.3 Å². The molecule has 3 rings (SSSR count). The summed E-state index contributed by atoms with van der Waals surface area (Å²) in [5.41, 5.74) is 0.0618. The molecule has 2 amide bonds. The van der Waals surface area contributed by atoms with E-state index in [9.17, 15) is 26.4 Å². The van der Waals surface area contributed by atoms with Crippen LogP contribution in [0.25, 0.3) is 11.1 Å². The number of amides is 2. The third-order valence-electron chi connectivity index (χ3n) is 4.83. The van der Waals surface area contributed by atoms with Crippen LogP contribution < -0.4 is 10.0 Å². The summed E-state index contributed by atoms with van der Waals surface area (Å²) in [5, 5.41) is 2.59. The summed E-state index contributed by atoms with van der Waals surface area (Å²) in [7, 11) is -3.58. The first-order chi connectivity index (χ1) is 14.2. The number of alkyl halides is 1. The van der Waals surface area contributed by atoms with E-state index in [4.69, 9.17) is 0 Å². The minimum Gasteiger partial charge on any atom is -0.322 e. The van der Waals surface area contributed by atoms with Gasteiger partial charge in [-0.25, -0.2) is 31.1 Å². The fraction of sp³-hybridized carbons (Fsp3) is 0.350. The van der Waals surface area contributed by atoms with Crippen molar-refractivity contribution in [1.82, 2.24) is 9.62 Å². The summed E-state index contributed by atoms with van der Waals surface area (Å²) in [6, 6.07) is 8.09. The number of sulfonamides is 1. The van der Waals surface area contributed by atoms with Crippen LogP contribution in [0, 0.1) is 11.6 Å². The van der Waals surface area contributed by atoms with E-state index in [1.807, 2.05) is 0 Å². The van der Waals surface area contributed by atoms with E-state index in [-0.39, 0.29) is 36.3 Å². The van der Waals surface area contributed by atoms with Gasteiger partial charge < -0.3 is 10.2 Å². The highest BCUT2D eigenvalue weighted by atomic mass is 32.2. The Hall–Kier alpha value is -2.59. The molecule has 1 fully saturated rings. The second-order valence-corrected chi connectivity index (χ2v) is 8.95. The maximum absolute atomic E-state index is 14.6. The van der Waals surface area contributed by atoms with Gasteiger partial charge in [-0.15, -0.1) is 0 Å².